The van der Waals surface area contributed by atoms with Gasteiger partial charge in [0.25, 0.3) is 0 Å². The first-order chi connectivity index (χ1) is 10.8. The highest BCUT2D eigenvalue weighted by Crippen LogP contribution is 2.19. The highest BCUT2D eigenvalue weighted by Gasteiger charge is 2.04. The summed E-state index contributed by atoms with van der Waals surface area (Å²) in [7, 11) is 0. The number of amides is 2. The molecule has 0 aliphatic heterocycles. The van der Waals surface area contributed by atoms with Gasteiger partial charge in [-0.25, -0.2) is 4.79 Å². The zero-order valence-electron chi connectivity index (χ0n) is 11.9. The zero-order valence-corrected chi connectivity index (χ0v) is 12.7. The second-order valence-electron chi connectivity index (χ2n) is 4.72. The van der Waals surface area contributed by atoms with Gasteiger partial charge in [0.1, 0.15) is 0 Å². The number of anilines is 1. The summed E-state index contributed by atoms with van der Waals surface area (Å²) < 4.78 is 1.83. The summed E-state index contributed by atoms with van der Waals surface area (Å²) >= 11 is 1.65. The number of urea groups is 1. The van der Waals surface area contributed by atoms with E-state index in [-0.39, 0.29) is 6.03 Å². The quantitative estimate of drug-likeness (QED) is 0.758. The average molecular weight is 312 g/mol. The van der Waals surface area contributed by atoms with Crippen LogP contribution in [0.5, 0.6) is 0 Å². The van der Waals surface area contributed by atoms with Gasteiger partial charge in [-0.3, -0.25) is 4.68 Å². The van der Waals surface area contributed by atoms with Gasteiger partial charge in [-0.1, -0.05) is 18.2 Å². The van der Waals surface area contributed by atoms with E-state index in [4.69, 9.17) is 0 Å². The molecule has 1 aromatic carbocycles. The summed E-state index contributed by atoms with van der Waals surface area (Å²) in [5.74, 6) is 0. The van der Waals surface area contributed by atoms with Crippen molar-refractivity contribution >= 4 is 23.1 Å². The standard InChI is InChI=1S/C16H16N4OS/c21-16(18-14-4-2-1-3-5-14)17-8-10-20-9-6-15(19-20)13-7-11-22-12-13/h1-7,9,11-12H,8,10H2,(H2,17,18,21). The highest BCUT2D eigenvalue weighted by atomic mass is 32.1. The van der Waals surface area contributed by atoms with Crippen LogP contribution in [0.4, 0.5) is 10.5 Å². The Morgan fingerprint density at radius 1 is 1.18 bits per heavy atom. The number of nitrogens with zero attached hydrogens (tertiary/aromatic N) is 2. The molecule has 3 rings (SSSR count). The molecular formula is C16H16N4OS. The number of carbonyl (C=O) groups excluding carboxylic acids is 1. The van der Waals surface area contributed by atoms with Gasteiger partial charge in [-0.2, -0.15) is 16.4 Å². The number of nitrogens with one attached hydrogen (secondary N) is 2. The topological polar surface area (TPSA) is 59.0 Å². The maximum Gasteiger partial charge on any atom is 0.319 e. The van der Waals surface area contributed by atoms with Gasteiger partial charge in [-0.05, 0) is 29.6 Å². The lowest BCUT2D eigenvalue weighted by atomic mass is 10.2. The smallest absolute Gasteiger partial charge is 0.319 e. The molecule has 6 heteroatoms. The molecule has 2 aromatic heterocycles. The van der Waals surface area contributed by atoms with Crippen LogP contribution in [0, 0.1) is 0 Å². The fourth-order valence-electron chi connectivity index (χ4n) is 2.03. The summed E-state index contributed by atoms with van der Waals surface area (Å²) in [5.41, 5.74) is 2.85. The van der Waals surface area contributed by atoms with Gasteiger partial charge >= 0.3 is 6.03 Å². The van der Waals surface area contributed by atoms with Crippen molar-refractivity contribution < 1.29 is 4.79 Å². The molecule has 0 unspecified atom stereocenters. The molecule has 0 aliphatic rings. The normalized spacial score (nSPS) is 10.4. The molecule has 5 nitrogen and oxygen atoms in total. The first-order valence-corrected chi connectivity index (χ1v) is 7.91. The number of carbonyl (C=O) groups is 1. The largest absolute Gasteiger partial charge is 0.336 e. The van der Waals surface area contributed by atoms with Crippen molar-refractivity contribution in [2.45, 2.75) is 6.54 Å². The van der Waals surface area contributed by atoms with Crippen LogP contribution in [0.25, 0.3) is 11.3 Å². The minimum atomic E-state index is -0.212. The monoisotopic (exact) mass is 312 g/mol. The van der Waals surface area contributed by atoms with Gasteiger partial charge in [0, 0.05) is 29.4 Å². The summed E-state index contributed by atoms with van der Waals surface area (Å²) in [4.78, 5) is 11.7. The Hall–Kier alpha value is -2.60. The molecule has 3 aromatic rings. The van der Waals surface area contributed by atoms with Crippen molar-refractivity contribution in [2.75, 3.05) is 11.9 Å². The SMILES string of the molecule is O=C(NCCn1ccc(-c2ccsc2)n1)Nc1ccccc1. The maximum absolute atomic E-state index is 11.7. The molecule has 2 amide bonds. The van der Waals surface area contributed by atoms with Crippen molar-refractivity contribution in [3.8, 4) is 11.3 Å². The van der Waals surface area contributed by atoms with Gasteiger partial charge < -0.3 is 10.6 Å². The van der Waals surface area contributed by atoms with Gasteiger partial charge in [0.2, 0.25) is 0 Å². The molecule has 0 atom stereocenters. The maximum atomic E-state index is 11.7. The number of hydrogen-bond acceptors (Lipinski definition) is 3. The van der Waals surface area contributed by atoms with E-state index in [1.807, 2.05) is 58.7 Å². The van der Waals surface area contributed by atoms with Crippen LogP contribution in [-0.4, -0.2) is 22.4 Å². The predicted octanol–water partition coefficient (Wildman–Crippen LogP) is 3.43. The summed E-state index contributed by atoms with van der Waals surface area (Å²) in [6.07, 6.45) is 1.92. The van der Waals surface area contributed by atoms with Crippen molar-refractivity contribution in [1.29, 1.82) is 0 Å². The van der Waals surface area contributed by atoms with Crippen molar-refractivity contribution in [1.82, 2.24) is 15.1 Å². The Morgan fingerprint density at radius 3 is 2.82 bits per heavy atom. The second-order valence-corrected chi connectivity index (χ2v) is 5.50. The van der Waals surface area contributed by atoms with E-state index >= 15 is 0 Å². The van der Waals surface area contributed by atoms with E-state index in [1.165, 1.54) is 0 Å². The molecule has 2 N–H and O–H groups in total. The average Bonchev–Trinajstić information content (AvgIpc) is 3.19. The van der Waals surface area contributed by atoms with E-state index in [9.17, 15) is 4.79 Å². The fourth-order valence-corrected chi connectivity index (χ4v) is 2.68. The van der Waals surface area contributed by atoms with Crippen molar-refractivity contribution in [3.63, 3.8) is 0 Å². The molecular weight excluding hydrogens is 296 g/mol. The minimum absolute atomic E-state index is 0.212. The van der Waals surface area contributed by atoms with Crippen LogP contribution in [0.2, 0.25) is 0 Å². The van der Waals surface area contributed by atoms with E-state index in [0.29, 0.717) is 13.1 Å². The lowest BCUT2D eigenvalue weighted by Crippen LogP contribution is -2.31. The third kappa shape index (κ3) is 3.73. The number of hydrogen-bond donors (Lipinski definition) is 2. The highest BCUT2D eigenvalue weighted by molar-refractivity contribution is 7.08. The summed E-state index contributed by atoms with van der Waals surface area (Å²) in [6, 6.07) is 13.2. The first kappa shape index (κ1) is 14.3. The Morgan fingerprint density at radius 2 is 2.05 bits per heavy atom. The molecule has 0 saturated heterocycles. The van der Waals surface area contributed by atoms with Crippen LogP contribution in [0.3, 0.4) is 0 Å². The molecule has 0 spiro atoms. The number of para-hydroxylation sites is 1. The third-order valence-corrected chi connectivity index (χ3v) is 3.80. The minimum Gasteiger partial charge on any atom is -0.336 e. The first-order valence-electron chi connectivity index (χ1n) is 6.97. The number of benzene rings is 1. The van der Waals surface area contributed by atoms with Crippen molar-refractivity contribution in [2.24, 2.45) is 0 Å². The summed E-state index contributed by atoms with van der Waals surface area (Å²) in [6.45, 7) is 1.15. The van der Waals surface area contributed by atoms with E-state index < -0.39 is 0 Å². The van der Waals surface area contributed by atoms with Gasteiger partial charge in [0.05, 0.1) is 12.2 Å². The third-order valence-electron chi connectivity index (χ3n) is 3.12. The van der Waals surface area contributed by atoms with Crippen LogP contribution in [-0.2, 0) is 6.54 Å². The Bertz CT molecular complexity index is 722. The predicted molar refractivity (Wildman–Crippen MR) is 89.0 cm³/mol. The van der Waals surface area contributed by atoms with E-state index in [1.54, 1.807) is 11.3 Å². The number of aromatic nitrogens is 2. The van der Waals surface area contributed by atoms with Crippen LogP contribution >= 0.6 is 11.3 Å². The van der Waals surface area contributed by atoms with Gasteiger partial charge in [0.15, 0.2) is 0 Å². The van der Waals surface area contributed by atoms with Crippen LogP contribution < -0.4 is 10.6 Å². The molecule has 2 heterocycles. The molecule has 0 saturated carbocycles. The molecule has 0 fully saturated rings. The van der Waals surface area contributed by atoms with Gasteiger partial charge in [-0.15, -0.1) is 0 Å². The summed E-state index contributed by atoms with van der Waals surface area (Å²) in [5, 5.41) is 14.2. The molecule has 0 radical (unpaired) electrons. The van der Waals surface area contributed by atoms with Crippen molar-refractivity contribution in [3.05, 3.63) is 59.4 Å². The molecule has 0 aliphatic carbocycles. The van der Waals surface area contributed by atoms with E-state index in [0.717, 1.165) is 16.9 Å². The van der Waals surface area contributed by atoms with E-state index in [2.05, 4.69) is 21.1 Å². The molecule has 112 valence electrons. The lowest BCUT2D eigenvalue weighted by molar-refractivity contribution is 0.251. The number of thiophene rings is 1. The Balaban J connectivity index is 1.46. The number of rotatable bonds is 5. The van der Waals surface area contributed by atoms with Crippen LogP contribution in [0.1, 0.15) is 0 Å². The Kier molecular flexibility index (Phi) is 4.50. The zero-order chi connectivity index (χ0) is 15.2. The lowest BCUT2D eigenvalue weighted by Gasteiger charge is -2.07. The molecule has 0 bridgehead atoms. The van der Waals surface area contributed by atoms with Crippen LogP contribution in [0.15, 0.2) is 59.4 Å². The fraction of sp³-hybridized carbons (Fsp3) is 0.125. The Labute approximate surface area is 132 Å². The second kappa shape index (κ2) is 6.91. The molecule has 22 heavy (non-hydrogen) atoms.